The van der Waals surface area contributed by atoms with E-state index in [0.29, 0.717) is 0 Å². The van der Waals surface area contributed by atoms with E-state index in [2.05, 4.69) is 9.97 Å². The van der Waals surface area contributed by atoms with Gasteiger partial charge in [0, 0.05) is 31.5 Å². The lowest BCUT2D eigenvalue weighted by molar-refractivity contribution is 0.703. The van der Waals surface area contributed by atoms with Crippen LogP contribution in [0.3, 0.4) is 0 Å². The van der Waals surface area contributed by atoms with Crippen LogP contribution in [0.15, 0.2) is 6.20 Å². The predicted molar refractivity (Wildman–Crippen MR) is 58.4 cm³/mol. The van der Waals surface area contributed by atoms with Gasteiger partial charge in [0.2, 0.25) is 5.95 Å². The second-order valence-corrected chi connectivity index (χ2v) is 3.80. The van der Waals surface area contributed by atoms with Crippen LogP contribution in [0.5, 0.6) is 0 Å². The van der Waals surface area contributed by atoms with E-state index in [1.54, 1.807) is 0 Å². The van der Waals surface area contributed by atoms with Gasteiger partial charge in [0.1, 0.15) is 0 Å². The zero-order valence-corrected chi connectivity index (χ0v) is 9.28. The molecule has 0 saturated heterocycles. The molecule has 0 aliphatic heterocycles. The van der Waals surface area contributed by atoms with Crippen molar-refractivity contribution in [2.45, 2.75) is 26.8 Å². The molecule has 0 spiro atoms. The third-order valence-electron chi connectivity index (χ3n) is 2.12. The SMILES string of the molecule is Cc1cnc(N(C)CC(C)N)nc1C. The fourth-order valence-electron chi connectivity index (χ4n) is 1.21. The molecule has 14 heavy (non-hydrogen) atoms. The number of aryl methyl sites for hydroxylation is 2. The molecule has 1 unspecified atom stereocenters. The zero-order valence-electron chi connectivity index (χ0n) is 9.28. The van der Waals surface area contributed by atoms with Gasteiger partial charge in [-0.3, -0.25) is 0 Å². The molecule has 1 atom stereocenters. The second-order valence-electron chi connectivity index (χ2n) is 3.80. The smallest absolute Gasteiger partial charge is 0.225 e. The Hall–Kier alpha value is -1.16. The molecule has 4 heteroatoms. The minimum atomic E-state index is 0.130. The van der Waals surface area contributed by atoms with E-state index in [0.717, 1.165) is 23.8 Å². The lowest BCUT2D eigenvalue weighted by Gasteiger charge is -2.19. The number of rotatable bonds is 3. The van der Waals surface area contributed by atoms with Crippen molar-refractivity contribution in [2.75, 3.05) is 18.5 Å². The molecule has 2 N–H and O–H groups in total. The van der Waals surface area contributed by atoms with Crippen LogP contribution in [0.2, 0.25) is 0 Å². The summed E-state index contributed by atoms with van der Waals surface area (Å²) in [6.45, 7) is 6.73. The Morgan fingerprint density at radius 2 is 2.14 bits per heavy atom. The topological polar surface area (TPSA) is 55.0 Å². The molecule has 1 rings (SSSR count). The Bertz CT molecular complexity index is 309. The van der Waals surface area contributed by atoms with E-state index < -0.39 is 0 Å². The van der Waals surface area contributed by atoms with Gasteiger partial charge in [-0.05, 0) is 26.3 Å². The molecule has 1 heterocycles. The van der Waals surface area contributed by atoms with Crippen LogP contribution < -0.4 is 10.6 Å². The lowest BCUT2D eigenvalue weighted by atomic mass is 10.3. The van der Waals surface area contributed by atoms with Crippen LogP contribution in [-0.4, -0.2) is 29.6 Å². The summed E-state index contributed by atoms with van der Waals surface area (Å²) in [4.78, 5) is 10.6. The van der Waals surface area contributed by atoms with Gasteiger partial charge in [0.25, 0.3) is 0 Å². The van der Waals surface area contributed by atoms with Gasteiger partial charge in [-0.25, -0.2) is 9.97 Å². The van der Waals surface area contributed by atoms with Crippen LogP contribution in [0.1, 0.15) is 18.2 Å². The first-order chi connectivity index (χ1) is 6.50. The van der Waals surface area contributed by atoms with Crippen LogP contribution in [0, 0.1) is 13.8 Å². The number of nitrogens with zero attached hydrogens (tertiary/aromatic N) is 3. The molecule has 0 fully saturated rings. The van der Waals surface area contributed by atoms with E-state index in [1.165, 1.54) is 0 Å². The molecule has 1 aromatic rings. The first-order valence-corrected chi connectivity index (χ1v) is 4.77. The molecule has 0 aromatic carbocycles. The minimum absolute atomic E-state index is 0.130. The van der Waals surface area contributed by atoms with Crippen molar-refractivity contribution < 1.29 is 0 Å². The maximum absolute atomic E-state index is 5.70. The maximum atomic E-state index is 5.70. The molecule has 0 amide bonds. The molecule has 4 nitrogen and oxygen atoms in total. The molecule has 0 aliphatic carbocycles. The fraction of sp³-hybridized carbons (Fsp3) is 0.600. The molecule has 78 valence electrons. The number of nitrogens with two attached hydrogens (primary N) is 1. The molecular formula is C10H18N4. The molecule has 0 saturated carbocycles. The van der Waals surface area contributed by atoms with E-state index in [4.69, 9.17) is 5.73 Å². The van der Waals surface area contributed by atoms with Crippen LogP contribution >= 0.6 is 0 Å². The molecule has 0 aliphatic rings. The van der Waals surface area contributed by atoms with Gasteiger partial charge in [-0.15, -0.1) is 0 Å². The number of hydrogen-bond acceptors (Lipinski definition) is 4. The zero-order chi connectivity index (χ0) is 10.7. The minimum Gasteiger partial charge on any atom is -0.342 e. The first-order valence-electron chi connectivity index (χ1n) is 4.77. The second kappa shape index (κ2) is 4.37. The van der Waals surface area contributed by atoms with Gasteiger partial charge >= 0.3 is 0 Å². The third-order valence-corrected chi connectivity index (χ3v) is 2.12. The number of aromatic nitrogens is 2. The van der Waals surface area contributed by atoms with Crippen LogP contribution in [-0.2, 0) is 0 Å². The standard InChI is InChI=1S/C10H18N4/c1-7-5-12-10(13-9(7)3)14(4)6-8(2)11/h5,8H,6,11H2,1-4H3. The van der Waals surface area contributed by atoms with Crippen molar-refractivity contribution in [3.63, 3.8) is 0 Å². The van der Waals surface area contributed by atoms with E-state index in [9.17, 15) is 0 Å². The van der Waals surface area contributed by atoms with Gasteiger partial charge < -0.3 is 10.6 Å². The Morgan fingerprint density at radius 3 is 2.64 bits per heavy atom. The molecule has 0 bridgehead atoms. The summed E-state index contributed by atoms with van der Waals surface area (Å²) in [6, 6.07) is 0.130. The Morgan fingerprint density at radius 1 is 1.50 bits per heavy atom. The monoisotopic (exact) mass is 194 g/mol. The Kier molecular flexibility index (Phi) is 3.41. The van der Waals surface area contributed by atoms with Crippen molar-refractivity contribution in [2.24, 2.45) is 5.73 Å². The van der Waals surface area contributed by atoms with Gasteiger partial charge in [-0.2, -0.15) is 0 Å². The van der Waals surface area contributed by atoms with Gasteiger partial charge in [0.15, 0.2) is 0 Å². The fourth-order valence-corrected chi connectivity index (χ4v) is 1.21. The highest BCUT2D eigenvalue weighted by atomic mass is 15.2. The van der Waals surface area contributed by atoms with Crippen molar-refractivity contribution in [3.8, 4) is 0 Å². The number of anilines is 1. The van der Waals surface area contributed by atoms with Gasteiger partial charge in [0.05, 0.1) is 0 Å². The summed E-state index contributed by atoms with van der Waals surface area (Å²) in [5, 5.41) is 0. The highest BCUT2D eigenvalue weighted by molar-refractivity contribution is 5.31. The van der Waals surface area contributed by atoms with Crippen LogP contribution in [0.4, 0.5) is 5.95 Å². The highest BCUT2D eigenvalue weighted by Crippen LogP contribution is 2.08. The normalized spacial score (nSPS) is 12.6. The first kappa shape index (κ1) is 10.9. The third kappa shape index (κ3) is 2.67. The van der Waals surface area contributed by atoms with Crippen molar-refractivity contribution in [1.29, 1.82) is 0 Å². The molecular weight excluding hydrogens is 176 g/mol. The van der Waals surface area contributed by atoms with E-state index >= 15 is 0 Å². The number of hydrogen-bond donors (Lipinski definition) is 1. The van der Waals surface area contributed by atoms with E-state index in [1.807, 2.05) is 38.9 Å². The van der Waals surface area contributed by atoms with Crippen molar-refractivity contribution in [3.05, 3.63) is 17.5 Å². The Labute approximate surface area is 85.2 Å². The predicted octanol–water partition coefficient (Wildman–Crippen LogP) is 0.877. The summed E-state index contributed by atoms with van der Waals surface area (Å²) in [5.41, 5.74) is 7.84. The largest absolute Gasteiger partial charge is 0.342 e. The summed E-state index contributed by atoms with van der Waals surface area (Å²) < 4.78 is 0. The average molecular weight is 194 g/mol. The quantitative estimate of drug-likeness (QED) is 0.776. The van der Waals surface area contributed by atoms with E-state index in [-0.39, 0.29) is 6.04 Å². The Balaban J connectivity index is 2.80. The van der Waals surface area contributed by atoms with Gasteiger partial charge in [-0.1, -0.05) is 0 Å². The lowest BCUT2D eigenvalue weighted by Crippen LogP contribution is -2.33. The molecule has 0 radical (unpaired) electrons. The molecule has 1 aromatic heterocycles. The summed E-state index contributed by atoms with van der Waals surface area (Å²) in [5.74, 6) is 0.741. The number of likely N-dealkylation sites (N-methyl/N-ethyl adjacent to an activating group) is 1. The summed E-state index contributed by atoms with van der Waals surface area (Å²) in [6.07, 6.45) is 1.84. The van der Waals surface area contributed by atoms with Crippen molar-refractivity contribution in [1.82, 2.24) is 9.97 Å². The summed E-state index contributed by atoms with van der Waals surface area (Å²) >= 11 is 0. The average Bonchev–Trinajstić information content (AvgIpc) is 2.08. The van der Waals surface area contributed by atoms with Crippen LogP contribution in [0.25, 0.3) is 0 Å². The summed E-state index contributed by atoms with van der Waals surface area (Å²) in [7, 11) is 1.95. The highest BCUT2D eigenvalue weighted by Gasteiger charge is 2.07. The maximum Gasteiger partial charge on any atom is 0.225 e. The van der Waals surface area contributed by atoms with Crippen molar-refractivity contribution >= 4 is 5.95 Å².